The van der Waals surface area contributed by atoms with Crippen molar-refractivity contribution in [1.82, 2.24) is 0 Å². The van der Waals surface area contributed by atoms with Crippen molar-refractivity contribution < 1.29 is 19.2 Å². The normalized spacial score (nSPS) is 10.1. The number of rotatable bonds is 2. The number of carbonyl (C=O) groups is 1. The summed E-state index contributed by atoms with van der Waals surface area (Å²) in [4.78, 5) is 11.0. The molecule has 14 heavy (non-hydrogen) atoms. The predicted octanol–water partition coefficient (Wildman–Crippen LogP) is 0.0165. The van der Waals surface area contributed by atoms with E-state index in [1.54, 1.807) is 6.92 Å². The average Bonchev–Trinajstić information content (AvgIpc) is 2.07. The van der Waals surface area contributed by atoms with Crippen molar-refractivity contribution in [2.75, 3.05) is 0 Å². The Bertz CT molecular complexity index is 377. The monoisotopic (exact) mass is 196 g/mol. The van der Waals surface area contributed by atoms with E-state index in [-0.39, 0.29) is 11.0 Å². The number of aryl methyl sites for hydroxylation is 1. The van der Waals surface area contributed by atoms with Crippen LogP contribution in [0.25, 0.3) is 0 Å². The molecule has 1 aromatic carbocycles. The van der Waals surface area contributed by atoms with Gasteiger partial charge in [0.1, 0.15) is 5.82 Å². The highest BCUT2D eigenvalue weighted by Crippen LogP contribution is 2.09. The maximum Gasteiger partial charge on any atom is 0.491 e. The zero-order valence-electron chi connectivity index (χ0n) is 7.91. The second-order valence-corrected chi connectivity index (χ2v) is 3.15. The fourth-order valence-corrected chi connectivity index (χ4v) is 1.24. The van der Waals surface area contributed by atoms with Crippen molar-refractivity contribution in [3.63, 3.8) is 0 Å². The van der Waals surface area contributed by atoms with Gasteiger partial charge in [0.15, 0.2) is 5.78 Å². The summed E-state index contributed by atoms with van der Waals surface area (Å²) in [6.45, 7) is 2.88. The summed E-state index contributed by atoms with van der Waals surface area (Å²) >= 11 is 0. The van der Waals surface area contributed by atoms with E-state index in [0.717, 1.165) is 0 Å². The average molecular weight is 196 g/mol. The number of Topliss-reactive ketones (excluding diaryl/α,β-unsaturated/α-hetero) is 1. The molecule has 0 aliphatic rings. The summed E-state index contributed by atoms with van der Waals surface area (Å²) in [5.74, 6) is -1.30. The number of benzene rings is 1. The van der Waals surface area contributed by atoms with E-state index < -0.39 is 18.7 Å². The zero-order chi connectivity index (χ0) is 10.9. The van der Waals surface area contributed by atoms with E-state index in [0.29, 0.717) is 5.56 Å². The van der Waals surface area contributed by atoms with Crippen LogP contribution in [-0.4, -0.2) is 22.9 Å². The summed E-state index contributed by atoms with van der Waals surface area (Å²) in [7, 11) is -1.90. The Morgan fingerprint density at radius 2 is 2.00 bits per heavy atom. The van der Waals surface area contributed by atoms with Gasteiger partial charge in [-0.2, -0.15) is 0 Å². The first kappa shape index (κ1) is 10.9. The third-order valence-corrected chi connectivity index (χ3v) is 1.90. The lowest BCUT2D eigenvalue weighted by atomic mass is 9.78. The molecule has 1 rings (SSSR count). The number of ketones is 1. The van der Waals surface area contributed by atoms with Crippen molar-refractivity contribution in [2.45, 2.75) is 13.8 Å². The molecule has 0 unspecified atom stereocenters. The molecule has 2 N–H and O–H groups in total. The molecule has 0 spiro atoms. The van der Waals surface area contributed by atoms with E-state index in [1.165, 1.54) is 19.1 Å². The van der Waals surface area contributed by atoms with Crippen LogP contribution in [0, 0.1) is 12.7 Å². The van der Waals surface area contributed by atoms with Crippen LogP contribution in [0.5, 0.6) is 0 Å². The third kappa shape index (κ3) is 2.00. The van der Waals surface area contributed by atoms with Crippen LogP contribution in [-0.2, 0) is 0 Å². The second kappa shape index (κ2) is 3.90. The SMILES string of the molecule is CC(=O)c1cc(C)cc(B(O)O)c1F. The van der Waals surface area contributed by atoms with Gasteiger partial charge in [0.2, 0.25) is 0 Å². The highest BCUT2D eigenvalue weighted by atomic mass is 19.1. The summed E-state index contributed by atoms with van der Waals surface area (Å²) in [5, 5.41) is 17.7. The molecule has 0 aliphatic heterocycles. The minimum Gasteiger partial charge on any atom is -0.423 e. The molecule has 0 fully saturated rings. The minimum absolute atomic E-state index is 0.117. The molecule has 0 saturated heterocycles. The highest BCUT2D eigenvalue weighted by molar-refractivity contribution is 6.58. The quantitative estimate of drug-likeness (QED) is 0.517. The third-order valence-electron chi connectivity index (χ3n) is 1.90. The van der Waals surface area contributed by atoms with Gasteiger partial charge in [-0.3, -0.25) is 4.79 Å². The Morgan fingerprint density at radius 1 is 1.43 bits per heavy atom. The first-order valence-corrected chi connectivity index (χ1v) is 4.10. The number of carbonyl (C=O) groups excluding carboxylic acids is 1. The van der Waals surface area contributed by atoms with Crippen LogP contribution < -0.4 is 5.46 Å². The van der Waals surface area contributed by atoms with E-state index in [4.69, 9.17) is 10.0 Å². The Morgan fingerprint density at radius 3 is 2.43 bits per heavy atom. The number of hydrogen-bond donors (Lipinski definition) is 2. The van der Waals surface area contributed by atoms with Gasteiger partial charge in [-0.15, -0.1) is 0 Å². The molecule has 0 atom stereocenters. The van der Waals surface area contributed by atoms with Gasteiger partial charge < -0.3 is 10.0 Å². The van der Waals surface area contributed by atoms with Gasteiger partial charge in [0, 0.05) is 5.46 Å². The molecule has 74 valence electrons. The largest absolute Gasteiger partial charge is 0.491 e. The lowest BCUT2D eigenvalue weighted by molar-refractivity contribution is 0.101. The van der Waals surface area contributed by atoms with Crippen LogP contribution in [0.3, 0.4) is 0 Å². The zero-order valence-corrected chi connectivity index (χ0v) is 7.91. The molecule has 0 amide bonds. The van der Waals surface area contributed by atoms with E-state index in [9.17, 15) is 9.18 Å². The van der Waals surface area contributed by atoms with Gasteiger partial charge in [-0.1, -0.05) is 11.6 Å². The molecule has 0 aromatic heterocycles. The molecule has 0 heterocycles. The molecule has 1 aromatic rings. The smallest absolute Gasteiger partial charge is 0.423 e. The number of hydrogen-bond acceptors (Lipinski definition) is 3. The van der Waals surface area contributed by atoms with Crippen LogP contribution >= 0.6 is 0 Å². The lowest BCUT2D eigenvalue weighted by Crippen LogP contribution is -2.34. The Hall–Kier alpha value is -1.20. The molecular formula is C9H10BFO3. The van der Waals surface area contributed by atoms with Crippen LogP contribution in [0.1, 0.15) is 22.8 Å². The van der Waals surface area contributed by atoms with Crippen molar-refractivity contribution in [3.05, 3.63) is 29.1 Å². The van der Waals surface area contributed by atoms with Crippen LogP contribution in [0.2, 0.25) is 0 Å². The minimum atomic E-state index is -1.90. The topological polar surface area (TPSA) is 57.5 Å². The maximum absolute atomic E-state index is 13.4. The molecule has 0 bridgehead atoms. The summed E-state index contributed by atoms with van der Waals surface area (Å²) in [6.07, 6.45) is 0. The first-order chi connectivity index (χ1) is 6.43. The van der Waals surface area contributed by atoms with Gasteiger partial charge in [0.05, 0.1) is 5.56 Å². The van der Waals surface area contributed by atoms with E-state index >= 15 is 0 Å². The Balaban J connectivity index is 3.40. The summed E-state index contributed by atoms with van der Waals surface area (Å²) in [5.41, 5.74) is 0.225. The Labute approximate surface area is 81.3 Å². The molecule has 3 nitrogen and oxygen atoms in total. The predicted molar refractivity (Wildman–Crippen MR) is 51.0 cm³/mol. The molecular weight excluding hydrogens is 186 g/mol. The van der Waals surface area contributed by atoms with Crippen molar-refractivity contribution >= 4 is 18.4 Å². The molecule has 5 heteroatoms. The van der Waals surface area contributed by atoms with Crippen molar-refractivity contribution in [3.8, 4) is 0 Å². The van der Waals surface area contributed by atoms with Crippen molar-refractivity contribution in [1.29, 1.82) is 0 Å². The van der Waals surface area contributed by atoms with Gasteiger partial charge >= 0.3 is 7.12 Å². The highest BCUT2D eigenvalue weighted by Gasteiger charge is 2.21. The fourth-order valence-electron chi connectivity index (χ4n) is 1.24. The van der Waals surface area contributed by atoms with Gasteiger partial charge in [-0.05, 0) is 19.9 Å². The van der Waals surface area contributed by atoms with Gasteiger partial charge in [-0.25, -0.2) is 4.39 Å². The van der Waals surface area contributed by atoms with E-state index in [1.807, 2.05) is 0 Å². The van der Waals surface area contributed by atoms with Crippen molar-refractivity contribution in [2.24, 2.45) is 0 Å². The molecule has 0 radical (unpaired) electrons. The van der Waals surface area contributed by atoms with E-state index in [2.05, 4.69) is 0 Å². The standard InChI is InChI=1S/C9H10BFO3/c1-5-3-7(6(2)12)9(11)8(4-5)10(13)14/h3-4,13-14H,1-2H3. The lowest BCUT2D eigenvalue weighted by Gasteiger charge is -2.07. The first-order valence-electron chi connectivity index (χ1n) is 4.10. The number of halogens is 1. The summed E-state index contributed by atoms with van der Waals surface area (Å²) < 4.78 is 13.4. The fraction of sp³-hybridized carbons (Fsp3) is 0.222. The maximum atomic E-state index is 13.4. The van der Waals surface area contributed by atoms with Crippen LogP contribution in [0.4, 0.5) is 4.39 Å². The molecule has 0 aliphatic carbocycles. The Kier molecular flexibility index (Phi) is 3.03. The summed E-state index contributed by atoms with van der Waals surface area (Å²) in [6, 6.07) is 2.68. The van der Waals surface area contributed by atoms with Gasteiger partial charge in [0.25, 0.3) is 0 Å². The van der Waals surface area contributed by atoms with Crippen LogP contribution in [0.15, 0.2) is 12.1 Å². The molecule has 0 saturated carbocycles. The second-order valence-electron chi connectivity index (χ2n) is 3.15.